The van der Waals surface area contributed by atoms with Gasteiger partial charge in [-0.3, -0.25) is 14.4 Å². The molecule has 0 N–H and O–H groups in total. The molecule has 0 spiro atoms. The standard InChI is InChI=1S/C67H114O6/c1-4-7-10-13-16-19-22-24-26-28-30-31-32-33-34-35-37-38-40-42-45-48-51-54-57-60-66(69)72-63-64(62-71-65(68)59-56-53-50-47-44-21-18-15-12-9-6-3)73-67(70)61-58-55-52-49-46-43-41-39-36-29-27-25-23-20-17-14-11-8-5-2/h7,10,15-20,24-27,30-31,33-34,64H,4-6,8-9,11-14,21-23,28-29,32,35-63H2,1-3H3/b10-7-,18-15-,19-16-,20-17-,26-24-,27-25-,31-30-,34-33-. The van der Waals surface area contributed by atoms with Crippen LogP contribution in [-0.2, 0) is 28.6 Å². The van der Waals surface area contributed by atoms with E-state index in [2.05, 4.69) is 118 Å². The molecule has 6 nitrogen and oxygen atoms in total. The van der Waals surface area contributed by atoms with E-state index in [1.54, 1.807) is 0 Å². The molecule has 1 unspecified atom stereocenters. The molecular weight excluding hydrogens is 901 g/mol. The average Bonchev–Trinajstić information content (AvgIpc) is 3.39. The van der Waals surface area contributed by atoms with Crippen LogP contribution >= 0.6 is 0 Å². The van der Waals surface area contributed by atoms with Gasteiger partial charge >= 0.3 is 17.9 Å². The number of hydrogen-bond acceptors (Lipinski definition) is 6. The number of allylic oxidation sites excluding steroid dienone is 16. The van der Waals surface area contributed by atoms with Crippen molar-refractivity contribution in [2.75, 3.05) is 13.2 Å². The molecule has 0 aliphatic heterocycles. The molecule has 6 heteroatoms. The van der Waals surface area contributed by atoms with Crippen LogP contribution in [0, 0.1) is 0 Å². The van der Waals surface area contributed by atoms with Crippen LogP contribution in [0.2, 0.25) is 0 Å². The predicted molar refractivity (Wildman–Crippen MR) is 316 cm³/mol. The fourth-order valence-corrected chi connectivity index (χ4v) is 8.42. The highest BCUT2D eigenvalue weighted by molar-refractivity contribution is 5.71. The maximum Gasteiger partial charge on any atom is 0.306 e. The Bertz CT molecular complexity index is 1440. The molecule has 73 heavy (non-hydrogen) atoms. The highest BCUT2D eigenvalue weighted by atomic mass is 16.6. The summed E-state index contributed by atoms with van der Waals surface area (Å²) in [7, 11) is 0. The molecule has 0 aliphatic rings. The van der Waals surface area contributed by atoms with Gasteiger partial charge in [0.25, 0.3) is 0 Å². The number of hydrogen-bond donors (Lipinski definition) is 0. The van der Waals surface area contributed by atoms with Gasteiger partial charge in [-0.1, -0.05) is 253 Å². The zero-order valence-electron chi connectivity index (χ0n) is 47.9. The smallest absolute Gasteiger partial charge is 0.306 e. The number of carbonyl (C=O) groups excluding carboxylic acids is 3. The van der Waals surface area contributed by atoms with Gasteiger partial charge < -0.3 is 14.2 Å². The first-order valence-electron chi connectivity index (χ1n) is 30.7. The number of carbonyl (C=O) groups is 3. The first kappa shape index (κ1) is 69.3. The Kier molecular flexibility index (Phi) is 57.8. The lowest BCUT2D eigenvalue weighted by Gasteiger charge is -2.18. The summed E-state index contributed by atoms with van der Waals surface area (Å²) in [4.78, 5) is 38.2. The van der Waals surface area contributed by atoms with Gasteiger partial charge in [0.05, 0.1) is 0 Å². The van der Waals surface area contributed by atoms with Crippen molar-refractivity contribution in [1.29, 1.82) is 0 Å². The maximum absolute atomic E-state index is 12.9. The minimum atomic E-state index is -0.787. The van der Waals surface area contributed by atoms with Crippen molar-refractivity contribution in [3.05, 3.63) is 97.2 Å². The Balaban J connectivity index is 4.31. The van der Waals surface area contributed by atoms with Crippen LogP contribution in [0.25, 0.3) is 0 Å². The van der Waals surface area contributed by atoms with Gasteiger partial charge in [0.1, 0.15) is 13.2 Å². The van der Waals surface area contributed by atoms with Crippen LogP contribution in [0.5, 0.6) is 0 Å². The molecule has 0 aromatic carbocycles. The van der Waals surface area contributed by atoms with E-state index in [1.165, 1.54) is 141 Å². The summed E-state index contributed by atoms with van der Waals surface area (Å²) < 4.78 is 16.9. The van der Waals surface area contributed by atoms with Crippen LogP contribution < -0.4 is 0 Å². The first-order valence-corrected chi connectivity index (χ1v) is 30.7. The van der Waals surface area contributed by atoms with E-state index in [1.807, 2.05) is 0 Å². The molecular formula is C67H114O6. The predicted octanol–water partition coefficient (Wildman–Crippen LogP) is 20.9. The van der Waals surface area contributed by atoms with Crippen LogP contribution in [0.4, 0.5) is 0 Å². The Morgan fingerprint density at radius 3 is 0.890 bits per heavy atom. The monoisotopic (exact) mass is 1010 g/mol. The highest BCUT2D eigenvalue weighted by Crippen LogP contribution is 2.15. The van der Waals surface area contributed by atoms with E-state index < -0.39 is 6.10 Å². The van der Waals surface area contributed by atoms with E-state index in [0.717, 1.165) is 109 Å². The molecule has 0 aliphatic carbocycles. The van der Waals surface area contributed by atoms with Crippen molar-refractivity contribution in [3.8, 4) is 0 Å². The topological polar surface area (TPSA) is 78.9 Å². The van der Waals surface area contributed by atoms with Crippen molar-refractivity contribution < 1.29 is 28.6 Å². The van der Waals surface area contributed by atoms with Crippen LogP contribution in [0.1, 0.15) is 290 Å². The fraction of sp³-hybridized carbons (Fsp3) is 0.716. The molecule has 0 saturated carbocycles. The minimum Gasteiger partial charge on any atom is -0.462 e. The number of esters is 3. The Labute approximate surface area is 451 Å². The van der Waals surface area contributed by atoms with Gasteiger partial charge in [-0.2, -0.15) is 0 Å². The maximum atomic E-state index is 12.9. The highest BCUT2D eigenvalue weighted by Gasteiger charge is 2.19. The minimum absolute atomic E-state index is 0.0847. The van der Waals surface area contributed by atoms with Gasteiger partial charge in [0, 0.05) is 19.3 Å². The zero-order chi connectivity index (χ0) is 52.9. The van der Waals surface area contributed by atoms with Crippen molar-refractivity contribution in [2.45, 2.75) is 297 Å². The molecule has 0 aromatic rings. The fourth-order valence-electron chi connectivity index (χ4n) is 8.42. The van der Waals surface area contributed by atoms with E-state index >= 15 is 0 Å². The largest absolute Gasteiger partial charge is 0.462 e. The van der Waals surface area contributed by atoms with Gasteiger partial charge in [0.15, 0.2) is 6.10 Å². The van der Waals surface area contributed by atoms with Crippen LogP contribution in [0.3, 0.4) is 0 Å². The molecule has 1 atom stereocenters. The Morgan fingerprint density at radius 2 is 0.548 bits per heavy atom. The van der Waals surface area contributed by atoms with Crippen molar-refractivity contribution in [2.24, 2.45) is 0 Å². The molecule has 0 amide bonds. The molecule has 0 saturated heterocycles. The summed E-state index contributed by atoms with van der Waals surface area (Å²) in [5.74, 6) is -0.898. The average molecular weight is 1020 g/mol. The van der Waals surface area contributed by atoms with Crippen LogP contribution in [0.15, 0.2) is 97.2 Å². The lowest BCUT2D eigenvalue weighted by atomic mass is 10.1. The Morgan fingerprint density at radius 1 is 0.288 bits per heavy atom. The Hall–Kier alpha value is -3.67. The molecule has 0 rings (SSSR count). The molecule has 0 radical (unpaired) electrons. The molecule has 418 valence electrons. The van der Waals surface area contributed by atoms with E-state index in [9.17, 15) is 14.4 Å². The lowest BCUT2D eigenvalue weighted by molar-refractivity contribution is -0.167. The SMILES string of the molecule is CC/C=C\C/C=C\C/C=C\C/C=C\C/C=C\CCCCCCCCCCCC(=O)OCC(COC(=O)CCCCCCC/C=C\CCCC)OC(=O)CCCCCCCCCCC/C=C\C/C=C\CCCCC. The second-order valence-electron chi connectivity index (χ2n) is 20.2. The summed E-state index contributed by atoms with van der Waals surface area (Å²) in [6.45, 7) is 6.46. The lowest BCUT2D eigenvalue weighted by Crippen LogP contribution is -2.30. The second kappa shape index (κ2) is 60.9. The summed E-state index contributed by atoms with van der Waals surface area (Å²) in [5.41, 5.74) is 0. The van der Waals surface area contributed by atoms with Crippen LogP contribution in [-0.4, -0.2) is 37.2 Å². The van der Waals surface area contributed by atoms with Crippen molar-refractivity contribution in [1.82, 2.24) is 0 Å². The normalized spacial score (nSPS) is 12.8. The van der Waals surface area contributed by atoms with Crippen molar-refractivity contribution in [3.63, 3.8) is 0 Å². The first-order chi connectivity index (χ1) is 36.0. The van der Waals surface area contributed by atoms with Gasteiger partial charge in [0.2, 0.25) is 0 Å². The second-order valence-corrected chi connectivity index (χ2v) is 20.2. The summed E-state index contributed by atoms with van der Waals surface area (Å²) in [5, 5.41) is 0. The quantitative estimate of drug-likeness (QED) is 0.0261. The van der Waals surface area contributed by atoms with Crippen molar-refractivity contribution >= 4 is 17.9 Å². The molecule has 0 aromatic heterocycles. The third-order valence-corrected chi connectivity index (χ3v) is 13.0. The van der Waals surface area contributed by atoms with E-state index in [4.69, 9.17) is 14.2 Å². The molecule has 0 bridgehead atoms. The molecule has 0 heterocycles. The third kappa shape index (κ3) is 59.1. The van der Waals surface area contributed by atoms with Gasteiger partial charge in [-0.25, -0.2) is 0 Å². The van der Waals surface area contributed by atoms with Gasteiger partial charge in [-0.05, 0) is 116 Å². The van der Waals surface area contributed by atoms with E-state index in [0.29, 0.717) is 19.3 Å². The van der Waals surface area contributed by atoms with E-state index in [-0.39, 0.29) is 31.1 Å². The summed E-state index contributed by atoms with van der Waals surface area (Å²) in [6.07, 6.45) is 81.2. The van der Waals surface area contributed by atoms with Gasteiger partial charge in [-0.15, -0.1) is 0 Å². The summed E-state index contributed by atoms with van der Waals surface area (Å²) >= 11 is 0. The zero-order valence-corrected chi connectivity index (χ0v) is 47.9. The molecule has 0 fully saturated rings. The number of ether oxygens (including phenoxy) is 3. The number of rotatable bonds is 55. The summed E-state index contributed by atoms with van der Waals surface area (Å²) in [6, 6.07) is 0. The third-order valence-electron chi connectivity index (χ3n) is 13.0. The number of unbranched alkanes of at least 4 members (excludes halogenated alkanes) is 28.